The number of hydrogen-bond acceptors (Lipinski definition) is 7. The number of carbonyl (C=O) groups is 3. The van der Waals surface area contributed by atoms with E-state index in [0.29, 0.717) is 37.3 Å². The molecule has 0 saturated carbocycles. The number of halogens is 1. The highest BCUT2D eigenvalue weighted by molar-refractivity contribution is 6.47. The lowest BCUT2D eigenvalue weighted by molar-refractivity contribution is -0.133. The highest BCUT2D eigenvalue weighted by Gasteiger charge is 2.57. The third-order valence-corrected chi connectivity index (χ3v) is 6.25. The molecule has 0 bridgehead atoms. The number of carbonyl (C=O) groups excluding carboxylic acids is 2. The fourth-order valence-electron chi connectivity index (χ4n) is 4.53. The number of nitrogens with one attached hydrogen (secondary N) is 2. The van der Waals surface area contributed by atoms with Crippen molar-refractivity contribution in [2.75, 3.05) is 20.2 Å². The number of amides is 3. The standard InChI is InChI=1S/C19H23BN4O7.ClH/c1-10(21)23-7-5-19(6-8-23)17(27)24(18(28)22-19)13-9-11-3-4-12(30-2)14(16(25)26)15(11)31-20(13)29;/h3-4,13,21,29H,5-9H2,1-2H3,(H,22,28)(H,25,26);1H/t13-;/m0./s1. The predicted molar refractivity (Wildman–Crippen MR) is 116 cm³/mol. The third-order valence-electron chi connectivity index (χ3n) is 6.25. The van der Waals surface area contributed by atoms with E-state index in [-0.39, 0.29) is 35.9 Å². The van der Waals surface area contributed by atoms with E-state index in [0.717, 1.165) is 4.90 Å². The number of carboxylic acids is 1. The maximum Gasteiger partial charge on any atom is 0.547 e. The van der Waals surface area contributed by atoms with Gasteiger partial charge in [-0.15, -0.1) is 12.4 Å². The average molecular weight is 467 g/mol. The SMILES string of the molecule is COc1ccc2c(c1C(=O)O)OB(O)[C@@H](N1C(=O)NC3(CCN(C(C)=N)CC3)C1=O)C2.Cl. The summed E-state index contributed by atoms with van der Waals surface area (Å²) in [5, 5.41) is 30.7. The highest BCUT2D eigenvalue weighted by Crippen LogP contribution is 2.39. The molecule has 1 aromatic rings. The van der Waals surface area contributed by atoms with Crippen LogP contribution in [0.15, 0.2) is 12.1 Å². The zero-order valence-electron chi connectivity index (χ0n) is 17.6. The van der Waals surface area contributed by atoms with Crippen molar-refractivity contribution >= 4 is 43.3 Å². The second kappa shape index (κ2) is 8.51. The van der Waals surface area contributed by atoms with Crippen molar-refractivity contribution in [1.82, 2.24) is 15.1 Å². The lowest BCUT2D eigenvalue weighted by Crippen LogP contribution is -2.58. The molecule has 0 aliphatic carbocycles. The Kier molecular flexibility index (Phi) is 6.30. The first-order valence-electron chi connectivity index (χ1n) is 9.92. The summed E-state index contributed by atoms with van der Waals surface area (Å²) >= 11 is 0. The molecule has 1 atom stereocenters. The first kappa shape index (κ1) is 23.7. The minimum absolute atomic E-state index is 0. The molecule has 13 heteroatoms. The molecule has 1 spiro atoms. The van der Waals surface area contributed by atoms with Crippen LogP contribution in [0.2, 0.25) is 0 Å². The molecule has 2 saturated heterocycles. The molecule has 0 aromatic heterocycles. The fraction of sp³-hybridized carbons (Fsp3) is 0.474. The maximum atomic E-state index is 13.3. The summed E-state index contributed by atoms with van der Waals surface area (Å²) in [6.07, 6.45) is 0.748. The molecule has 2 fully saturated rings. The van der Waals surface area contributed by atoms with E-state index in [9.17, 15) is 24.5 Å². The lowest BCUT2D eigenvalue weighted by atomic mass is 9.71. The van der Waals surface area contributed by atoms with Crippen LogP contribution >= 0.6 is 12.4 Å². The van der Waals surface area contributed by atoms with Crippen LogP contribution in [0.4, 0.5) is 4.79 Å². The smallest absolute Gasteiger partial charge is 0.534 e. The fourth-order valence-corrected chi connectivity index (χ4v) is 4.53. The molecule has 172 valence electrons. The van der Waals surface area contributed by atoms with Gasteiger partial charge in [-0.05, 0) is 37.8 Å². The van der Waals surface area contributed by atoms with Gasteiger partial charge in [0.05, 0.1) is 18.9 Å². The van der Waals surface area contributed by atoms with Crippen LogP contribution in [0.3, 0.4) is 0 Å². The summed E-state index contributed by atoms with van der Waals surface area (Å²) in [5.41, 5.74) is -0.848. The quantitative estimate of drug-likeness (QED) is 0.218. The normalized spacial score (nSPS) is 21.5. The largest absolute Gasteiger partial charge is 0.547 e. The van der Waals surface area contributed by atoms with Gasteiger partial charge in [0.25, 0.3) is 5.91 Å². The van der Waals surface area contributed by atoms with Crippen LogP contribution in [0.5, 0.6) is 11.5 Å². The van der Waals surface area contributed by atoms with Crippen LogP contribution in [0.1, 0.15) is 35.7 Å². The Balaban J connectivity index is 0.00000289. The predicted octanol–water partition coefficient (Wildman–Crippen LogP) is 0.522. The molecule has 0 radical (unpaired) electrons. The van der Waals surface area contributed by atoms with Crippen LogP contribution in [0.25, 0.3) is 0 Å². The Labute approximate surface area is 190 Å². The summed E-state index contributed by atoms with van der Waals surface area (Å²) in [4.78, 5) is 40.6. The lowest BCUT2D eigenvalue weighted by Gasteiger charge is -2.38. The molecule has 1 aromatic carbocycles. The zero-order valence-corrected chi connectivity index (χ0v) is 18.4. The molecule has 32 heavy (non-hydrogen) atoms. The van der Waals surface area contributed by atoms with Crippen LogP contribution < -0.4 is 14.7 Å². The maximum absolute atomic E-state index is 13.3. The van der Waals surface area contributed by atoms with E-state index < -0.39 is 36.5 Å². The Morgan fingerprint density at radius 2 is 2.00 bits per heavy atom. The van der Waals surface area contributed by atoms with Crippen molar-refractivity contribution in [3.8, 4) is 11.5 Å². The molecule has 4 rings (SSSR count). The average Bonchev–Trinajstić information content (AvgIpc) is 2.96. The van der Waals surface area contributed by atoms with Gasteiger partial charge < -0.3 is 29.7 Å². The topological polar surface area (TPSA) is 152 Å². The highest BCUT2D eigenvalue weighted by atomic mass is 35.5. The van der Waals surface area contributed by atoms with Gasteiger partial charge >= 0.3 is 19.1 Å². The molecule has 3 amide bonds. The number of likely N-dealkylation sites (tertiary alicyclic amines) is 1. The third kappa shape index (κ3) is 3.63. The number of benzene rings is 1. The molecule has 3 aliphatic rings. The van der Waals surface area contributed by atoms with Gasteiger partial charge in [0.1, 0.15) is 22.6 Å². The molecule has 4 N–H and O–H groups in total. The van der Waals surface area contributed by atoms with Crippen LogP contribution in [-0.2, 0) is 11.2 Å². The van der Waals surface area contributed by atoms with E-state index >= 15 is 0 Å². The van der Waals surface area contributed by atoms with Gasteiger partial charge in [-0.3, -0.25) is 15.1 Å². The van der Waals surface area contributed by atoms with Crippen molar-refractivity contribution in [2.45, 2.75) is 37.7 Å². The summed E-state index contributed by atoms with van der Waals surface area (Å²) in [6.45, 7) is 2.60. The van der Waals surface area contributed by atoms with Crippen molar-refractivity contribution in [3.63, 3.8) is 0 Å². The summed E-state index contributed by atoms with van der Waals surface area (Å²) < 4.78 is 10.6. The minimum Gasteiger partial charge on any atom is -0.534 e. The van der Waals surface area contributed by atoms with E-state index in [1.54, 1.807) is 13.0 Å². The monoisotopic (exact) mass is 466 g/mol. The number of carboxylic acid groups (broad SMARTS) is 1. The van der Waals surface area contributed by atoms with Crippen molar-refractivity contribution in [2.24, 2.45) is 0 Å². The molecule has 0 unspecified atom stereocenters. The second-order valence-corrected chi connectivity index (χ2v) is 7.98. The number of aromatic carboxylic acids is 1. The van der Waals surface area contributed by atoms with E-state index in [1.165, 1.54) is 13.2 Å². The molecule has 11 nitrogen and oxygen atoms in total. The summed E-state index contributed by atoms with van der Waals surface area (Å²) in [7, 11) is -0.264. The number of rotatable bonds is 3. The van der Waals surface area contributed by atoms with Crippen molar-refractivity contribution in [1.29, 1.82) is 5.41 Å². The number of piperidine rings is 1. The Hall–Kier alpha value is -2.99. The Morgan fingerprint density at radius 3 is 2.56 bits per heavy atom. The van der Waals surface area contributed by atoms with Crippen LogP contribution in [0, 0.1) is 5.41 Å². The number of amidine groups is 1. The molecule has 3 heterocycles. The second-order valence-electron chi connectivity index (χ2n) is 7.98. The molecular weight excluding hydrogens is 442 g/mol. The van der Waals surface area contributed by atoms with Gasteiger partial charge in [-0.2, -0.15) is 0 Å². The van der Waals surface area contributed by atoms with E-state index in [1.807, 2.05) is 4.90 Å². The van der Waals surface area contributed by atoms with E-state index in [2.05, 4.69) is 5.32 Å². The number of fused-ring (bicyclic) bond motifs is 1. The van der Waals surface area contributed by atoms with E-state index in [4.69, 9.17) is 14.8 Å². The molecule has 3 aliphatic heterocycles. The zero-order chi connectivity index (χ0) is 22.5. The van der Waals surface area contributed by atoms with Gasteiger partial charge in [-0.1, -0.05) is 6.07 Å². The van der Waals surface area contributed by atoms with Gasteiger partial charge in [0.15, 0.2) is 0 Å². The number of methoxy groups -OCH3 is 1. The number of imide groups is 1. The van der Waals surface area contributed by atoms with Gasteiger partial charge in [-0.25, -0.2) is 9.59 Å². The van der Waals surface area contributed by atoms with Gasteiger partial charge in [0.2, 0.25) is 0 Å². The number of hydrogen-bond donors (Lipinski definition) is 4. The van der Waals surface area contributed by atoms with Crippen molar-refractivity contribution in [3.05, 3.63) is 23.3 Å². The van der Waals surface area contributed by atoms with Gasteiger partial charge in [0, 0.05) is 13.1 Å². The summed E-state index contributed by atoms with van der Waals surface area (Å²) in [6, 6.07) is 2.45. The Morgan fingerprint density at radius 1 is 1.34 bits per heavy atom. The van der Waals surface area contributed by atoms with Crippen LogP contribution in [-0.4, -0.2) is 82.5 Å². The first-order chi connectivity index (χ1) is 14.7. The minimum atomic E-state index is -1.59. The number of urea groups is 1. The summed E-state index contributed by atoms with van der Waals surface area (Å²) in [5.74, 6) is -2.27. The number of nitrogens with zero attached hydrogens (tertiary/aromatic N) is 2. The Bertz CT molecular complexity index is 983. The van der Waals surface area contributed by atoms with Crippen molar-refractivity contribution < 1.29 is 33.9 Å². The molecular formula is C19H24BClN4O7. The number of ether oxygens (including phenoxy) is 1. The first-order valence-corrected chi connectivity index (χ1v) is 9.92.